The number of allylic oxidation sites excluding steroid dienone is 2. The molecule has 1 N–H and O–H groups in total. The summed E-state index contributed by atoms with van der Waals surface area (Å²) in [6.07, 6.45) is 21.3. The van der Waals surface area contributed by atoms with Gasteiger partial charge in [0.05, 0.1) is 0 Å². The highest BCUT2D eigenvalue weighted by Crippen LogP contribution is 2.10. The maximum atomic E-state index is 10.3. The van der Waals surface area contributed by atoms with E-state index in [1.54, 1.807) is 0 Å². The predicted molar refractivity (Wildman–Crippen MR) is 87.1 cm³/mol. The molecule has 2 heteroatoms. The van der Waals surface area contributed by atoms with Gasteiger partial charge in [0.2, 0.25) is 0 Å². The Labute approximate surface area is 125 Å². The molecular weight excluding hydrogens is 248 g/mol. The molecule has 0 rings (SSSR count). The number of carboxylic acid groups (broad SMARTS) is 1. The molecule has 0 atom stereocenters. The normalized spacial score (nSPS) is 11.2. The second kappa shape index (κ2) is 16.3. The highest BCUT2D eigenvalue weighted by molar-refractivity contribution is 5.66. The molecule has 0 saturated carbocycles. The fourth-order valence-corrected chi connectivity index (χ4v) is 2.35. The molecule has 0 unspecified atom stereocenters. The van der Waals surface area contributed by atoms with Crippen LogP contribution in [0.4, 0.5) is 0 Å². The molecule has 0 fully saturated rings. The van der Waals surface area contributed by atoms with E-state index >= 15 is 0 Å². The third kappa shape index (κ3) is 17.2. The number of hydrogen-bond donors (Lipinski definition) is 1. The summed E-state index contributed by atoms with van der Waals surface area (Å²) in [5.74, 6) is -0.671. The van der Waals surface area contributed by atoms with Crippen LogP contribution in [-0.4, -0.2) is 11.1 Å². The van der Waals surface area contributed by atoms with Gasteiger partial charge in [0.15, 0.2) is 0 Å². The van der Waals surface area contributed by atoms with Crippen LogP contribution in [0.1, 0.15) is 96.8 Å². The van der Waals surface area contributed by atoms with E-state index in [2.05, 4.69) is 19.1 Å². The van der Waals surface area contributed by atoms with Crippen LogP contribution < -0.4 is 0 Å². The molecule has 0 aromatic rings. The van der Waals surface area contributed by atoms with Crippen molar-refractivity contribution in [3.8, 4) is 0 Å². The van der Waals surface area contributed by atoms with Gasteiger partial charge in [-0.3, -0.25) is 4.79 Å². The van der Waals surface area contributed by atoms with Gasteiger partial charge in [-0.25, -0.2) is 0 Å². The number of unbranched alkanes of at least 4 members (excludes halogenated alkanes) is 11. The summed E-state index contributed by atoms with van der Waals surface area (Å²) < 4.78 is 0. The minimum absolute atomic E-state index is 0.321. The van der Waals surface area contributed by atoms with E-state index in [1.165, 1.54) is 57.8 Å². The molecule has 118 valence electrons. The molecule has 0 aliphatic carbocycles. The Morgan fingerprint density at radius 2 is 1.20 bits per heavy atom. The lowest BCUT2D eigenvalue weighted by molar-refractivity contribution is -0.137. The van der Waals surface area contributed by atoms with Crippen LogP contribution in [0.15, 0.2) is 12.2 Å². The number of rotatable bonds is 15. The smallest absolute Gasteiger partial charge is 0.303 e. The standard InChI is InChI=1S/C18H34O2/c1-2-3-4-5-6-7-8-9-10-11-12-13-14-15-16-17-18(19)20/h11-12H,2-10,13-17H2,1H3,(H,19,20)/b12-11-. The molecule has 0 aliphatic heterocycles. The maximum Gasteiger partial charge on any atom is 0.303 e. The third-order valence-corrected chi connectivity index (χ3v) is 3.65. The van der Waals surface area contributed by atoms with Crippen molar-refractivity contribution in [2.45, 2.75) is 96.8 Å². The Hall–Kier alpha value is -0.790. The van der Waals surface area contributed by atoms with Crippen molar-refractivity contribution in [2.24, 2.45) is 0 Å². The first-order valence-electron chi connectivity index (χ1n) is 8.64. The van der Waals surface area contributed by atoms with E-state index in [1.807, 2.05) is 0 Å². The van der Waals surface area contributed by atoms with E-state index in [0.29, 0.717) is 6.42 Å². The Kier molecular flexibility index (Phi) is 15.6. The minimum Gasteiger partial charge on any atom is -0.481 e. The quantitative estimate of drug-likeness (QED) is 0.291. The molecule has 0 aromatic heterocycles. The van der Waals surface area contributed by atoms with Crippen molar-refractivity contribution in [3.63, 3.8) is 0 Å². The van der Waals surface area contributed by atoms with Gasteiger partial charge in [-0.1, -0.05) is 70.4 Å². The summed E-state index contributed by atoms with van der Waals surface area (Å²) >= 11 is 0. The second-order valence-corrected chi connectivity index (χ2v) is 5.73. The molecule has 0 spiro atoms. The highest BCUT2D eigenvalue weighted by atomic mass is 16.4. The van der Waals surface area contributed by atoms with Crippen molar-refractivity contribution in [3.05, 3.63) is 12.2 Å². The number of hydrogen-bond acceptors (Lipinski definition) is 1. The first-order valence-corrected chi connectivity index (χ1v) is 8.64. The fraction of sp³-hybridized carbons (Fsp3) is 0.833. The van der Waals surface area contributed by atoms with Crippen LogP contribution in [0.5, 0.6) is 0 Å². The number of aliphatic carboxylic acids is 1. The van der Waals surface area contributed by atoms with Crippen LogP contribution in [0.3, 0.4) is 0 Å². The van der Waals surface area contributed by atoms with Crippen LogP contribution >= 0.6 is 0 Å². The van der Waals surface area contributed by atoms with Crippen LogP contribution in [0.25, 0.3) is 0 Å². The highest BCUT2D eigenvalue weighted by Gasteiger charge is 1.95. The van der Waals surface area contributed by atoms with Crippen molar-refractivity contribution < 1.29 is 9.90 Å². The minimum atomic E-state index is -0.671. The Morgan fingerprint density at radius 1 is 0.750 bits per heavy atom. The van der Waals surface area contributed by atoms with Gasteiger partial charge in [0, 0.05) is 6.42 Å². The van der Waals surface area contributed by atoms with Gasteiger partial charge in [-0.2, -0.15) is 0 Å². The summed E-state index contributed by atoms with van der Waals surface area (Å²) in [6.45, 7) is 2.26. The average molecular weight is 282 g/mol. The molecule has 0 amide bonds. The van der Waals surface area contributed by atoms with Crippen LogP contribution in [-0.2, 0) is 4.79 Å². The van der Waals surface area contributed by atoms with E-state index < -0.39 is 5.97 Å². The van der Waals surface area contributed by atoms with E-state index in [9.17, 15) is 4.79 Å². The van der Waals surface area contributed by atoms with Crippen molar-refractivity contribution in [1.29, 1.82) is 0 Å². The van der Waals surface area contributed by atoms with E-state index in [0.717, 1.165) is 25.7 Å². The Balaban J connectivity index is 3.07. The molecule has 2 nitrogen and oxygen atoms in total. The SMILES string of the molecule is CCCCCCCCCC/C=C\CCCCCC(=O)O. The van der Waals surface area contributed by atoms with Crippen LogP contribution in [0, 0.1) is 0 Å². The summed E-state index contributed by atoms with van der Waals surface area (Å²) in [5, 5.41) is 8.50. The number of carboxylic acids is 1. The van der Waals surface area contributed by atoms with E-state index in [-0.39, 0.29) is 0 Å². The van der Waals surface area contributed by atoms with Crippen LogP contribution in [0.2, 0.25) is 0 Å². The molecule has 0 aliphatic rings. The molecule has 20 heavy (non-hydrogen) atoms. The zero-order chi connectivity index (χ0) is 14.9. The third-order valence-electron chi connectivity index (χ3n) is 3.65. The maximum absolute atomic E-state index is 10.3. The zero-order valence-electron chi connectivity index (χ0n) is 13.4. The summed E-state index contributed by atoms with van der Waals surface area (Å²) in [4.78, 5) is 10.3. The largest absolute Gasteiger partial charge is 0.481 e. The van der Waals surface area contributed by atoms with Crippen molar-refractivity contribution in [1.82, 2.24) is 0 Å². The van der Waals surface area contributed by atoms with Crippen molar-refractivity contribution in [2.75, 3.05) is 0 Å². The van der Waals surface area contributed by atoms with Gasteiger partial charge < -0.3 is 5.11 Å². The lowest BCUT2D eigenvalue weighted by atomic mass is 10.1. The molecule has 0 heterocycles. The molecule has 0 radical (unpaired) electrons. The Morgan fingerprint density at radius 3 is 1.70 bits per heavy atom. The van der Waals surface area contributed by atoms with Gasteiger partial charge >= 0.3 is 5.97 Å². The van der Waals surface area contributed by atoms with Gasteiger partial charge in [-0.05, 0) is 32.1 Å². The van der Waals surface area contributed by atoms with Gasteiger partial charge in [0.1, 0.15) is 0 Å². The topological polar surface area (TPSA) is 37.3 Å². The van der Waals surface area contributed by atoms with Crippen molar-refractivity contribution >= 4 is 5.97 Å². The lowest BCUT2D eigenvalue weighted by Crippen LogP contribution is -1.93. The molecule has 0 bridgehead atoms. The first-order chi connectivity index (χ1) is 9.77. The fourth-order valence-electron chi connectivity index (χ4n) is 2.35. The summed E-state index contributed by atoms with van der Waals surface area (Å²) in [6, 6.07) is 0. The van der Waals surface area contributed by atoms with E-state index in [4.69, 9.17) is 5.11 Å². The predicted octanol–water partition coefficient (Wildman–Crippen LogP) is 6.11. The van der Waals surface area contributed by atoms with Gasteiger partial charge in [-0.15, -0.1) is 0 Å². The number of carbonyl (C=O) groups is 1. The lowest BCUT2D eigenvalue weighted by Gasteiger charge is -2.00. The monoisotopic (exact) mass is 282 g/mol. The average Bonchev–Trinajstić information content (AvgIpc) is 2.43. The first kappa shape index (κ1) is 19.2. The molecule has 0 saturated heterocycles. The summed E-state index contributed by atoms with van der Waals surface area (Å²) in [7, 11) is 0. The zero-order valence-corrected chi connectivity index (χ0v) is 13.4. The molecule has 0 aromatic carbocycles. The molecular formula is C18H34O2. The summed E-state index contributed by atoms with van der Waals surface area (Å²) in [5.41, 5.74) is 0. The second-order valence-electron chi connectivity index (χ2n) is 5.73. The Bertz CT molecular complexity index is 234. The van der Waals surface area contributed by atoms with Gasteiger partial charge in [0.25, 0.3) is 0 Å².